The Hall–Kier alpha value is -0.770. The number of hydrogen-bond donors (Lipinski definition) is 2. The second kappa shape index (κ2) is 6.60. The van der Waals surface area contributed by atoms with Crippen LogP contribution in [0.25, 0.3) is 0 Å². The predicted octanol–water partition coefficient (Wildman–Crippen LogP) is 3.07. The fourth-order valence-electron chi connectivity index (χ4n) is 2.08. The highest BCUT2D eigenvalue weighted by Crippen LogP contribution is 2.27. The van der Waals surface area contributed by atoms with E-state index in [0.29, 0.717) is 0 Å². The Balaban J connectivity index is 2.45. The van der Waals surface area contributed by atoms with Crippen molar-refractivity contribution in [2.24, 2.45) is 5.92 Å². The van der Waals surface area contributed by atoms with Gasteiger partial charge < -0.3 is 15.4 Å². The van der Waals surface area contributed by atoms with Gasteiger partial charge in [-0.05, 0) is 58.9 Å². The third kappa shape index (κ3) is 6.28. The average Bonchev–Trinajstić information content (AvgIpc) is 3.09. The first-order valence-corrected chi connectivity index (χ1v) is 7.52. The molecule has 0 atom stereocenters. The highest BCUT2D eigenvalue weighted by atomic mass is 16.6. The highest BCUT2D eigenvalue weighted by molar-refractivity contribution is 5.68. The molecule has 0 unspecified atom stereocenters. The van der Waals surface area contributed by atoms with E-state index >= 15 is 0 Å². The zero-order valence-electron chi connectivity index (χ0n) is 13.1. The average molecular weight is 270 g/mol. The lowest BCUT2D eigenvalue weighted by Gasteiger charge is -2.34. The minimum atomic E-state index is -0.446. The van der Waals surface area contributed by atoms with Gasteiger partial charge in [-0.2, -0.15) is 0 Å². The molecule has 0 heterocycles. The molecule has 112 valence electrons. The summed E-state index contributed by atoms with van der Waals surface area (Å²) >= 11 is 0. The Morgan fingerprint density at radius 3 is 2.21 bits per heavy atom. The molecular weight excluding hydrogens is 240 g/mol. The van der Waals surface area contributed by atoms with Crippen LogP contribution in [-0.2, 0) is 4.74 Å². The summed E-state index contributed by atoms with van der Waals surface area (Å²) in [5, 5.41) is 6.54. The van der Waals surface area contributed by atoms with Gasteiger partial charge in [-0.25, -0.2) is 4.79 Å². The number of hydrogen-bond acceptors (Lipinski definition) is 3. The molecule has 1 fully saturated rings. The normalized spacial score (nSPS) is 16.3. The summed E-state index contributed by atoms with van der Waals surface area (Å²) < 4.78 is 5.36. The summed E-state index contributed by atoms with van der Waals surface area (Å²) in [6.45, 7) is 11.8. The predicted molar refractivity (Wildman–Crippen MR) is 78.3 cm³/mol. The Bertz CT molecular complexity index is 289. The van der Waals surface area contributed by atoms with E-state index in [1.54, 1.807) is 0 Å². The molecule has 1 amide bonds. The monoisotopic (exact) mass is 270 g/mol. The van der Waals surface area contributed by atoms with Crippen LogP contribution in [0.4, 0.5) is 4.79 Å². The van der Waals surface area contributed by atoms with Gasteiger partial charge in [-0.3, -0.25) is 0 Å². The molecule has 1 rings (SSSR count). The van der Waals surface area contributed by atoms with Crippen LogP contribution in [0.15, 0.2) is 0 Å². The summed E-state index contributed by atoms with van der Waals surface area (Å²) in [4.78, 5) is 11.9. The van der Waals surface area contributed by atoms with Crippen LogP contribution >= 0.6 is 0 Å². The van der Waals surface area contributed by atoms with Gasteiger partial charge in [0.25, 0.3) is 0 Å². The molecule has 1 saturated carbocycles. The van der Waals surface area contributed by atoms with Gasteiger partial charge in [0.2, 0.25) is 0 Å². The number of nitrogens with one attached hydrogen (secondary N) is 2. The second-order valence-electron chi connectivity index (χ2n) is 6.69. The Labute approximate surface area is 117 Å². The van der Waals surface area contributed by atoms with Crippen molar-refractivity contribution < 1.29 is 9.53 Å². The van der Waals surface area contributed by atoms with Gasteiger partial charge >= 0.3 is 6.09 Å². The van der Waals surface area contributed by atoms with E-state index < -0.39 is 5.60 Å². The van der Waals surface area contributed by atoms with Gasteiger partial charge in [0.1, 0.15) is 5.60 Å². The molecule has 0 saturated heterocycles. The highest BCUT2D eigenvalue weighted by Gasteiger charge is 2.31. The first-order valence-electron chi connectivity index (χ1n) is 7.52. The minimum absolute atomic E-state index is 0.197. The van der Waals surface area contributed by atoms with Crippen molar-refractivity contribution in [3.8, 4) is 0 Å². The van der Waals surface area contributed by atoms with Crippen molar-refractivity contribution in [2.45, 2.75) is 71.4 Å². The van der Waals surface area contributed by atoms with E-state index in [0.717, 1.165) is 31.8 Å². The van der Waals surface area contributed by atoms with Gasteiger partial charge in [0, 0.05) is 6.54 Å². The fraction of sp³-hybridized carbons (Fsp3) is 0.933. The molecule has 19 heavy (non-hydrogen) atoms. The molecule has 0 radical (unpaired) electrons. The fourth-order valence-corrected chi connectivity index (χ4v) is 2.08. The van der Waals surface area contributed by atoms with E-state index in [2.05, 4.69) is 24.5 Å². The molecule has 0 spiro atoms. The second-order valence-corrected chi connectivity index (χ2v) is 6.69. The SMILES string of the molecule is CCC(CC)(CNCC1CC1)NC(=O)OC(C)(C)C. The standard InChI is InChI=1S/C15H30N2O2/c1-6-15(7-2,11-16-10-12-8-9-12)17-13(18)19-14(3,4)5/h12,16H,6-11H2,1-5H3,(H,17,18). The third-order valence-electron chi connectivity index (χ3n) is 3.71. The maximum Gasteiger partial charge on any atom is 0.408 e. The molecule has 0 aromatic rings. The largest absolute Gasteiger partial charge is 0.444 e. The number of carbonyl (C=O) groups is 1. The molecule has 0 aromatic heterocycles. The van der Waals surface area contributed by atoms with Crippen molar-refractivity contribution in [1.29, 1.82) is 0 Å². The maximum atomic E-state index is 11.9. The molecular formula is C15H30N2O2. The molecule has 0 aliphatic heterocycles. The lowest BCUT2D eigenvalue weighted by molar-refractivity contribution is 0.0446. The molecule has 2 N–H and O–H groups in total. The zero-order valence-corrected chi connectivity index (χ0v) is 13.1. The molecule has 1 aliphatic rings. The summed E-state index contributed by atoms with van der Waals surface area (Å²) in [6.07, 6.45) is 4.18. The molecule has 4 heteroatoms. The molecule has 0 bridgehead atoms. The van der Waals surface area contributed by atoms with Crippen molar-refractivity contribution in [1.82, 2.24) is 10.6 Å². The van der Waals surface area contributed by atoms with Crippen molar-refractivity contribution in [3.63, 3.8) is 0 Å². The van der Waals surface area contributed by atoms with E-state index in [1.165, 1.54) is 12.8 Å². The maximum absolute atomic E-state index is 11.9. The van der Waals surface area contributed by atoms with Crippen LogP contribution in [0.3, 0.4) is 0 Å². The van der Waals surface area contributed by atoms with Gasteiger partial charge in [0.05, 0.1) is 5.54 Å². The Morgan fingerprint density at radius 1 is 1.21 bits per heavy atom. The molecule has 1 aliphatic carbocycles. The molecule has 4 nitrogen and oxygen atoms in total. The summed E-state index contributed by atoms with van der Waals surface area (Å²) in [7, 11) is 0. The summed E-state index contributed by atoms with van der Waals surface area (Å²) in [5.41, 5.74) is -0.643. The number of rotatable bonds is 7. The van der Waals surface area contributed by atoms with Crippen molar-refractivity contribution in [3.05, 3.63) is 0 Å². The van der Waals surface area contributed by atoms with Crippen molar-refractivity contribution in [2.75, 3.05) is 13.1 Å². The van der Waals surface area contributed by atoms with Crippen LogP contribution in [0.2, 0.25) is 0 Å². The minimum Gasteiger partial charge on any atom is -0.444 e. The number of amides is 1. The van der Waals surface area contributed by atoms with Crippen LogP contribution in [0.5, 0.6) is 0 Å². The van der Waals surface area contributed by atoms with Gasteiger partial charge in [-0.1, -0.05) is 13.8 Å². The first-order chi connectivity index (χ1) is 8.80. The van der Waals surface area contributed by atoms with Crippen LogP contribution in [-0.4, -0.2) is 30.3 Å². The van der Waals surface area contributed by atoms with E-state index in [1.807, 2.05) is 20.8 Å². The van der Waals surface area contributed by atoms with Gasteiger partial charge in [0.15, 0.2) is 0 Å². The quantitative estimate of drug-likeness (QED) is 0.747. The first kappa shape index (κ1) is 16.3. The third-order valence-corrected chi connectivity index (χ3v) is 3.71. The summed E-state index contributed by atoms with van der Waals surface area (Å²) in [5.74, 6) is 0.855. The smallest absolute Gasteiger partial charge is 0.408 e. The molecule has 0 aromatic carbocycles. The van der Waals surface area contributed by atoms with E-state index in [-0.39, 0.29) is 11.6 Å². The van der Waals surface area contributed by atoms with Crippen LogP contribution < -0.4 is 10.6 Å². The van der Waals surface area contributed by atoms with Crippen LogP contribution in [0, 0.1) is 5.92 Å². The van der Waals surface area contributed by atoms with Gasteiger partial charge in [-0.15, -0.1) is 0 Å². The summed E-state index contributed by atoms with van der Waals surface area (Å²) in [6, 6.07) is 0. The number of alkyl carbamates (subject to hydrolysis) is 1. The lowest BCUT2D eigenvalue weighted by Crippen LogP contribution is -2.55. The Kier molecular flexibility index (Phi) is 5.65. The Morgan fingerprint density at radius 2 is 1.79 bits per heavy atom. The van der Waals surface area contributed by atoms with E-state index in [9.17, 15) is 4.79 Å². The number of carbonyl (C=O) groups excluding carboxylic acids is 1. The lowest BCUT2D eigenvalue weighted by atomic mass is 9.93. The zero-order chi connectivity index (χ0) is 14.5. The number of ether oxygens (including phenoxy) is 1. The van der Waals surface area contributed by atoms with E-state index in [4.69, 9.17) is 4.74 Å². The van der Waals surface area contributed by atoms with Crippen LogP contribution in [0.1, 0.15) is 60.3 Å². The topological polar surface area (TPSA) is 50.4 Å². The van der Waals surface area contributed by atoms with Crippen molar-refractivity contribution >= 4 is 6.09 Å².